The molecular formula is C11H17N3O2. The minimum Gasteiger partial charge on any atom is -0.473 e. The minimum atomic E-state index is 0.208. The Labute approximate surface area is 95.2 Å². The molecule has 0 aliphatic carbocycles. The van der Waals surface area contributed by atoms with Crippen LogP contribution in [0.25, 0.3) is 0 Å². The molecule has 0 saturated carbocycles. The Morgan fingerprint density at radius 1 is 1.44 bits per heavy atom. The Bertz CT molecular complexity index is 327. The van der Waals surface area contributed by atoms with Crippen LogP contribution in [0, 0.1) is 0 Å². The normalized spacial score (nSPS) is 17.1. The number of hydrogen-bond donors (Lipinski definition) is 1. The predicted molar refractivity (Wildman–Crippen MR) is 60.7 cm³/mol. The molecule has 5 nitrogen and oxygen atoms in total. The van der Waals surface area contributed by atoms with E-state index in [1.165, 1.54) is 0 Å². The smallest absolute Gasteiger partial charge is 0.234 e. The Morgan fingerprint density at radius 3 is 3.00 bits per heavy atom. The van der Waals surface area contributed by atoms with E-state index in [0.29, 0.717) is 5.88 Å². The quantitative estimate of drug-likeness (QED) is 0.837. The van der Waals surface area contributed by atoms with Crippen molar-refractivity contribution >= 4 is 5.82 Å². The molecular weight excluding hydrogens is 206 g/mol. The fourth-order valence-electron chi connectivity index (χ4n) is 1.64. The van der Waals surface area contributed by atoms with Crippen LogP contribution in [0.4, 0.5) is 5.82 Å². The van der Waals surface area contributed by atoms with Gasteiger partial charge in [0.25, 0.3) is 0 Å². The Kier molecular flexibility index (Phi) is 3.93. The average Bonchev–Trinajstić information content (AvgIpc) is 2.31. The first kappa shape index (κ1) is 11.1. The molecule has 2 rings (SSSR count). The van der Waals surface area contributed by atoms with Crippen LogP contribution in [0.3, 0.4) is 0 Å². The zero-order valence-corrected chi connectivity index (χ0v) is 9.48. The molecule has 16 heavy (non-hydrogen) atoms. The number of aromatic nitrogens is 2. The third kappa shape index (κ3) is 3.06. The van der Waals surface area contributed by atoms with E-state index in [1.54, 1.807) is 12.4 Å². The van der Waals surface area contributed by atoms with E-state index in [4.69, 9.17) is 9.47 Å². The van der Waals surface area contributed by atoms with Gasteiger partial charge >= 0.3 is 0 Å². The van der Waals surface area contributed by atoms with Crippen molar-refractivity contribution in [2.75, 3.05) is 25.1 Å². The van der Waals surface area contributed by atoms with Crippen LogP contribution in [-0.4, -0.2) is 35.8 Å². The number of rotatable bonds is 4. The lowest BCUT2D eigenvalue weighted by molar-refractivity contribution is 0.0236. The summed E-state index contributed by atoms with van der Waals surface area (Å²) in [6.07, 6.45) is 5.40. The van der Waals surface area contributed by atoms with Crippen LogP contribution in [0.2, 0.25) is 0 Å². The summed E-state index contributed by atoms with van der Waals surface area (Å²) in [7, 11) is 0. The monoisotopic (exact) mass is 223 g/mol. The zero-order chi connectivity index (χ0) is 11.2. The van der Waals surface area contributed by atoms with Crippen LogP contribution in [0.15, 0.2) is 12.4 Å². The van der Waals surface area contributed by atoms with Crippen LogP contribution < -0.4 is 10.1 Å². The fourth-order valence-corrected chi connectivity index (χ4v) is 1.64. The van der Waals surface area contributed by atoms with Crippen LogP contribution >= 0.6 is 0 Å². The summed E-state index contributed by atoms with van der Waals surface area (Å²) in [5.41, 5.74) is 0. The highest BCUT2D eigenvalue weighted by Gasteiger charge is 2.15. The van der Waals surface area contributed by atoms with Gasteiger partial charge in [0.15, 0.2) is 0 Å². The third-order valence-corrected chi connectivity index (χ3v) is 2.43. The van der Waals surface area contributed by atoms with Gasteiger partial charge in [0.05, 0.1) is 25.6 Å². The van der Waals surface area contributed by atoms with Crippen molar-refractivity contribution in [1.82, 2.24) is 9.97 Å². The molecule has 0 amide bonds. The molecule has 1 saturated heterocycles. The minimum absolute atomic E-state index is 0.208. The van der Waals surface area contributed by atoms with Gasteiger partial charge in [0.1, 0.15) is 11.9 Å². The molecule has 0 aromatic carbocycles. The maximum absolute atomic E-state index is 5.75. The van der Waals surface area contributed by atoms with E-state index >= 15 is 0 Å². The first-order valence-electron chi connectivity index (χ1n) is 5.69. The van der Waals surface area contributed by atoms with E-state index in [1.807, 2.05) is 6.92 Å². The van der Waals surface area contributed by atoms with Crippen LogP contribution in [-0.2, 0) is 4.74 Å². The Balaban J connectivity index is 1.94. The van der Waals surface area contributed by atoms with Crippen molar-refractivity contribution < 1.29 is 9.47 Å². The van der Waals surface area contributed by atoms with Gasteiger partial charge in [0.2, 0.25) is 5.88 Å². The maximum atomic E-state index is 5.75. The van der Waals surface area contributed by atoms with Gasteiger partial charge in [-0.25, -0.2) is 0 Å². The van der Waals surface area contributed by atoms with Crippen molar-refractivity contribution in [2.24, 2.45) is 0 Å². The largest absolute Gasteiger partial charge is 0.473 e. The molecule has 0 unspecified atom stereocenters. The number of ether oxygens (including phenoxy) is 2. The summed E-state index contributed by atoms with van der Waals surface area (Å²) in [5, 5.41) is 3.11. The van der Waals surface area contributed by atoms with Crippen molar-refractivity contribution in [3.05, 3.63) is 12.4 Å². The SMILES string of the molecule is CCNc1cncc(OC2CCOCC2)n1. The van der Waals surface area contributed by atoms with Crippen LogP contribution in [0.5, 0.6) is 5.88 Å². The van der Waals surface area contributed by atoms with Crippen LogP contribution in [0.1, 0.15) is 19.8 Å². The van der Waals surface area contributed by atoms with Crippen molar-refractivity contribution in [3.8, 4) is 5.88 Å². The van der Waals surface area contributed by atoms with E-state index in [-0.39, 0.29) is 6.10 Å². The summed E-state index contributed by atoms with van der Waals surface area (Å²) >= 11 is 0. The van der Waals surface area contributed by atoms with E-state index in [9.17, 15) is 0 Å². The highest BCUT2D eigenvalue weighted by molar-refractivity contribution is 5.32. The molecule has 1 N–H and O–H groups in total. The molecule has 0 atom stereocenters. The second-order valence-corrected chi connectivity index (χ2v) is 3.70. The van der Waals surface area contributed by atoms with Crippen molar-refractivity contribution in [3.63, 3.8) is 0 Å². The molecule has 1 aliphatic rings. The lowest BCUT2D eigenvalue weighted by Crippen LogP contribution is -2.26. The molecule has 0 radical (unpaired) electrons. The summed E-state index contributed by atoms with van der Waals surface area (Å²) in [5.74, 6) is 1.34. The molecule has 0 bridgehead atoms. The molecule has 88 valence electrons. The Hall–Kier alpha value is -1.36. The molecule has 2 heterocycles. The van der Waals surface area contributed by atoms with E-state index in [2.05, 4.69) is 15.3 Å². The van der Waals surface area contributed by atoms with Gasteiger partial charge in [-0.15, -0.1) is 0 Å². The summed E-state index contributed by atoms with van der Waals surface area (Å²) in [6.45, 7) is 4.39. The lowest BCUT2D eigenvalue weighted by Gasteiger charge is -2.22. The van der Waals surface area contributed by atoms with E-state index < -0.39 is 0 Å². The van der Waals surface area contributed by atoms with Crippen molar-refractivity contribution in [1.29, 1.82) is 0 Å². The second-order valence-electron chi connectivity index (χ2n) is 3.70. The fraction of sp³-hybridized carbons (Fsp3) is 0.636. The number of nitrogens with zero attached hydrogens (tertiary/aromatic N) is 2. The van der Waals surface area contributed by atoms with Gasteiger partial charge in [-0.2, -0.15) is 4.98 Å². The predicted octanol–water partition coefficient (Wildman–Crippen LogP) is 1.47. The highest BCUT2D eigenvalue weighted by atomic mass is 16.5. The van der Waals surface area contributed by atoms with Gasteiger partial charge in [-0.3, -0.25) is 4.98 Å². The van der Waals surface area contributed by atoms with E-state index in [0.717, 1.165) is 38.4 Å². The number of hydrogen-bond acceptors (Lipinski definition) is 5. The molecule has 1 fully saturated rings. The summed E-state index contributed by atoms with van der Waals surface area (Å²) in [6, 6.07) is 0. The highest BCUT2D eigenvalue weighted by Crippen LogP contribution is 2.16. The molecule has 5 heteroatoms. The molecule has 1 aromatic heterocycles. The third-order valence-electron chi connectivity index (χ3n) is 2.43. The van der Waals surface area contributed by atoms with Gasteiger partial charge in [0, 0.05) is 19.4 Å². The standard InChI is InChI=1S/C11H17N3O2/c1-2-13-10-7-12-8-11(14-10)16-9-3-5-15-6-4-9/h7-9H,2-6H2,1H3,(H,13,14). The summed E-state index contributed by atoms with van der Waals surface area (Å²) < 4.78 is 11.0. The molecule has 0 spiro atoms. The molecule has 1 aliphatic heterocycles. The maximum Gasteiger partial charge on any atom is 0.234 e. The van der Waals surface area contributed by atoms with Gasteiger partial charge in [-0.05, 0) is 6.92 Å². The summed E-state index contributed by atoms with van der Waals surface area (Å²) in [4.78, 5) is 8.41. The first-order valence-corrected chi connectivity index (χ1v) is 5.69. The number of nitrogens with one attached hydrogen (secondary N) is 1. The topological polar surface area (TPSA) is 56.3 Å². The average molecular weight is 223 g/mol. The van der Waals surface area contributed by atoms with Crippen molar-refractivity contribution in [2.45, 2.75) is 25.9 Å². The zero-order valence-electron chi connectivity index (χ0n) is 9.48. The van der Waals surface area contributed by atoms with Gasteiger partial charge < -0.3 is 14.8 Å². The second kappa shape index (κ2) is 5.65. The molecule has 1 aromatic rings. The first-order chi connectivity index (χ1) is 7.88. The Morgan fingerprint density at radius 2 is 2.25 bits per heavy atom. The number of anilines is 1. The lowest BCUT2D eigenvalue weighted by atomic mass is 10.2. The van der Waals surface area contributed by atoms with Gasteiger partial charge in [-0.1, -0.05) is 0 Å².